The fourth-order valence-corrected chi connectivity index (χ4v) is 3.00. The van der Waals surface area contributed by atoms with Gasteiger partial charge in [-0.05, 0) is 0 Å². The molecular weight excluding hydrogens is 448 g/mol. The van der Waals surface area contributed by atoms with Gasteiger partial charge in [-0.2, -0.15) is 0 Å². The average Bonchev–Trinajstić information content (AvgIpc) is 2.92. The summed E-state index contributed by atoms with van der Waals surface area (Å²) in [4.78, 5) is 0. The van der Waals surface area contributed by atoms with E-state index in [9.17, 15) is 0 Å². The van der Waals surface area contributed by atoms with Gasteiger partial charge in [0, 0.05) is 0 Å². The second kappa shape index (κ2) is 76.6. The summed E-state index contributed by atoms with van der Waals surface area (Å²) < 4.78 is 0. The van der Waals surface area contributed by atoms with Gasteiger partial charge in [0.15, 0.2) is 0 Å². The van der Waals surface area contributed by atoms with Gasteiger partial charge in [0.2, 0.25) is 0 Å². The minimum absolute atomic E-state index is 0. The van der Waals surface area contributed by atoms with Crippen LogP contribution >= 0.6 is 0 Å². The van der Waals surface area contributed by atoms with E-state index in [1.54, 1.807) is 0 Å². The standard InChI is InChI=1S/6C6H14.H2O/c6*1-3-5-6-4-2;/h6*3-6H2,1-2H3;1H2. The molecule has 0 unspecified atom stereocenters. The summed E-state index contributed by atoms with van der Waals surface area (Å²) in [5.74, 6) is 0. The number of hydrogen-bond donors (Lipinski definition) is 0. The van der Waals surface area contributed by atoms with Crippen molar-refractivity contribution >= 4 is 0 Å². The molecule has 0 rings (SSSR count). The third kappa shape index (κ3) is 129. The molecule has 37 heavy (non-hydrogen) atoms. The fourth-order valence-electron chi connectivity index (χ4n) is 3.00. The maximum atomic E-state index is 2.23. The first-order chi connectivity index (χ1) is 17.5. The van der Waals surface area contributed by atoms with Crippen molar-refractivity contribution in [1.82, 2.24) is 0 Å². The molecule has 1 heteroatoms. The number of rotatable bonds is 18. The fraction of sp³-hybridized carbons (Fsp3) is 1.00. The van der Waals surface area contributed by atoms with E-state index < -0.39 is 0 Å². The minimum Gasteiger partial charge on any atom is -0.412 e. The third-order valence-electron chi connectivity index (χ3n) is 5.74. The molecule has 0 aromatic heterocycles. The van der Waals surface area contributed by atoms with Gasteiger partial charge in [-0.1, -0.05) is 237 Å². The maximum absolute atomic E-state index is 2.23. The van der Waals surface area contributed by atoms with Crippen LogP contribution in [0.1, 0.15) is 237 Å². The van der Waals surface area contributed by atoms with Crippen LogP contribution in [0.25, 0.3) is 0 Å². The molecule has 0 heterocycles. The molecule has 0 amide bonds. The molecule has 0 radical (unpaired) electrons. The summed E-state index contributed by atoms with van der Waals surface area (Å²) in [6, 6.07) is 0. The topological polar surface area (TPSA) is 31.5 Å². The molecule has 1 nitrogen and oxygen atoms in total. The average molecular weight is 535 g/mol. The zero-order valence-corrected chi connectivity index (χ0v) is 29.5. The summed E-state index contributed by atoms with van der Waals surface area (Å²) in [7, 11) is 0. The Bertz CT molecular complexity index is 141. The van der Waals surface area contributed by atoms with Crippen molar-refractivity contribution < 1.29 is 5.48 Å². The highest BCUT2D eigenvalue weighted by Gasteiger charge is 1.78. The summed E-state index contributed by atoms with van der Waals surface area (Å²) in [6.45, 7) is 26.8. The van der Waals surface area contributed by atoms with Gasteiger partial charge < -0.3 is 5.48 Å². The molecule has 236 valence electrons. The van der Waals surface area contributed by atoms with Gasteiger partial charge >= 0.3 is 0 Å². The molecule has 0 aromatic carbocycles. The molecule has 0 aliphatic heterocycles. The summed E-state index contributed by atoms with van der Waals surface area (Å²) in [5, 5.41) is 0. The predicted molar refractivity (Wildman–Crippen MR) is 183 cm³/mol. The zero-order valence-electron chi connectivity index (χ0n) is 29.5. The predicted octanol–water partition coefficient (Wildman–Crippen LogP) is 14.7. The van der Waals surface area contributed by atoms with E-state index in [-0.39, 0.29) is 5.48 Å². The molecular formula is C36H86O. The van der Waals surface area contributed by atoms with Crippen LogP contribution in [0.2, 0.25) is 0 Å². The Morgan fingerprint density at radius 2 is 0.216 bits per heavy atom. The van der Waals surface area contributed by atoms with Crippen LogP contribution in [-0.4, -0.2) is 5.48 Å². The zero-order chi connectivity index (χ0) is 29.0. The van der Waals surface area contributed by atoms with Crippen LogP contribution in [0.5, 0.6) is 0 Å². The van der Waals surface area contributed by atoms with Gasteiger partial charge in [0.05, 0.1) is 0 Å². The molecule has 0 aliphatic carbocycles. The SMILES string of the molecule is CCCCCC.CCCCCC.CCCCCC.CCCCCC.CCCCCC.CCCCCC.O. The molecule has 0 atom stereocenters. The molecule has 0 spiro atoms. The van der Waals surface area contributed by atoms with Crippen LogP contribution in [0, 0.1) is 0 Å². The highest BCUT2D eigenvalue weighted by Crippen LogP contribution is 1.98. The summed E-state index contributed by atoms with van der Waals surface area (Å²) in [5.41, 5.74) is 0. The first kappa shape index (κ1) is 53.2. The van der Waals surface area contributed by atoms with E-state index in [1.807, 2.05) is 0 Å². The Morgan fingerprint density at radius 3 is 0.243 bits per heavy atom. The molecule has 0 aromatic rings. The van der Waals surface area contributed by atoms with Crippen molar-refractivity contribution in [3.05, 3.63) is 0 Å². The molecule has 0 saturated heterocycles. The highest BCUT2D eigenvalue weighted by atomic mass is 16.0. The molecule has 0 aliphatic rings. The Morgan fingerprint density at radius 1 is 0.162 bits per heavy atom. The monoisotopic (exact) mass is 535 g/mol. The normalized spacial score (nSPS) is 8.76. The third-order valence-corrected chi connectivity index (χ3v) is 5.74. The van der Waals surface area contributed by atoms with E-state index >= 15 is 0 Å². The van der Waals surface area contributed by atoms with Gasteiger partial charge in [0.25, 0.3) is 0 Å². The molecule has 0 fully saturated rings. The van der Waals surface area contributed by atoms with Gasteiger partial charge in [-0.15, -0.1) is 0 Å². The number of hydrogen-bond acceptors (Lipinski definition) is 0. The second-order valence-electron chi connectivity index (χ2n) is 10.2. The highest BCUT2D eigenvalue weighted by molar-refractivity contribution is 4.34. The maximum Gasteiger partial charge on any atom is -0.0536 e. The summed E-state index contributed by atoms with van der Waals surface area (Å²) >= 11 is 0. The van der Waals surface area contributed by atoms with Crippen molar-refractivity contribution in [3.8, 4) is 0 Å². The van der Waals surface area contributed by atoms with Crippen LogP contribution in [0.15, 0.2) is 0 Å². The van der Waals surface area contributed by atoms with Gasteiger partial charge in [0.1, 0.15) is 0 Å². The van der Waals surface area contributed by atoms with Crippen molar-refractivity contribution in [2.24, 2.45) is 0 Å². The smallest absolute Gasteiger partial charge is 0.0536 e. The second-order valence-corrected chi connectivity index (χ2v) is 10.2. The van der Waals surface area contributed by atoms with Crippen molar-refractivity contribution in [2.45, 2.75) is 237 Å². The van der Waals surface area contributed by atoms with Crippen molar-refractivity contribution in [1.29, 1.82) is 0 Å². The summed E-state index contributed by atoms with van der Waals surface area (Å²) in [6.07, 6.45) is 33.2. The molecule has 0 saturated carbocycles. The molecule has 0 bridgehead atoms. The van der Waals surface area contributed by atoms with Crippen molar-refractivity contribution in [3.63, 3.8) is 0 Å². The van der Waals surface area contributed by atoms with Crippen LogP contribution in [-0.2, 0) is 0 Å². The van der Waals surface area contributed by atoms with Crippen LogP contribution in [0.4, 0.5) is 0 Å². The van der Waals surface area contributed by atoms with E-state index in [4.69, 9.17) is 0 Å². The minimum atomic E-state index is 0. The van der Waals surface area contributed by atoms with Crippen LogP contribution < -0.4 is 0 Å². The Labute approximate surface area is 242 Å². The van der Waals surface area contributed by atoms with E-state index in [2.05, 4.69) is 83.1 Å². The lowest BCUT2D eigenvalue weighted by Gasteiger charge is -1.86. The Kier molecular flexibility index (Phi) is 110. The first-order valence-electron chi connectivity index (χ1n) is 17.5. The molecule has 2 N–H and O–H groups in total. The quantitative estimate of drug-likeness (QED) is 0.157. The largest absolute Gasteiger partial charge is 0.412 e. The lowest BCUT2D eigenvalue weighted by atomic mass is 10.2. The lowest BCUT2D eigenvalue weighted by Crippen LogP contribution is -1.66. The lowest BCUT2D eigenvalue weighted by molar-refractivity contribution is 0.702. The Hall–Kier alpha value is -0.0400. The van der Waals surface area contributed by atoms with E-state index in [1.165, 1.54) is 154 Å². The van der Waals surface area contributed by atoms with E-state index in [0.29, 0.717) is 0 Å². The number of unbranched alkanes of at least 4 members (excludes halogenated alkanes) is 18. The first-order valence-corrected chi connectivity index (χ1v) is 17.5. The van der Waals surface area contributed by atoms with Gasteiger partial charge in [-0.3, -0.25) is 0 Å². The van der Waals surface area contributed by atoms with E-state index in [0.717, 1.165) is 0 Å². The van der Waals surface area contributed by atoms with Crippen LogP contribution in [0.3, 0.4) is 0 Å². The van der Waals surface area contributed by atoms with Crippen molar-refractivity contribution in [2.75, 3.05) is 0 Å². The van der Waals surface area contributed by atoms with Gasteiger partial charge in [-0.25, -0.2) is 0 Å². The Balaban J connectivity index is -0.0000000581.